The maximum absolute atomic E-state index is 12.8. The molecule has 0 radical (unpaired) electrons. The fourth-order valence-corrected chi connectivity index (χ4v) is 2.96. The van der Waals surface area contributed by atoms with Gasteiger partial charge >= 0.3 is 6.61 Å². The van der Waals surface area contributed by atoms with E-state index in [-0.39, 0.29) is 11.7 Å². The van der Waals surface area contributed by atoms with Crippen LogP contribution < -0.4 is 10.1 Å². The van der Waals surface area contributed by atoms with Crippen molar-refractivity contribution >= 4 is 11.6 Å². The van der Waals surface area contributed by atoms with E-state index in [0.717, 1.165) is 5.56 Å². The Morgan fingerprint density at radius 2 is 1.89 bits per heavy atom. The summed E-state index contributed by atoms with van der Waals surface area (Å²) in [6.07, 6.45) is 1.29. The molecule has 4 rings (SSSR count). The van der Waals surface area contributed by atoms with E-state index < -0.39 is 12.0 Å². The summed E-state index contributed by atoms with van der Waals surface area (Å²) >= 11 is 0. The molecule has 1 N–H and O–H groups in total. The average molecular weight is 370 g/mol. The predicted octanol–water partition coefficient (Wildman–Crippen LogP) is 4.61. The van der Waals surface area contributed by atoms with Gasteiger partial charge in [-0.3, -0.25) is 4.79 Å². The Labute approximate surface area is 153 Å². The fraction of sp³-hybridized carbons (Fsp3) is 0.200. The quantitative estimate of drug-likeness (QED) is 0.688. The van der Waals surface area contributed by atoms with Crippen molar-refractivity contribution in [1.29, 1.82) is 0 Å². The normalized spacial score (nSPS) is 14.8. The third kappa shape index (κ3) is 3.53. The van der Waals surface area contributed by atoms with Crippen LogP contribution in [0.15, 0.2) is 65.2 Å². The molecule has 0 aliphatic heterocycles. The molecule has 0 saturated heterocycles. The predicted molar refractivity (Wildman–Crippen MR) is 94.6 cm³/mol. The lowest BCUT2D eigenvalue weighted by Crippen LogP contribution is -2.28. The molecule has 138 valence electrons. The van der Waals surface area contributed by atoms with Crippen molar-refractivity contribution in [3.8, 4) is 17.1 Å². The number of alkyl halides is 2. The standard InChI is InChI=1S/C20H16F2N2O3/c21-19(22)26-15-8-4-7-14(11-15)23-18(25)20(9-10-20)17-12-16(27-24-17)13-5-2-1-3-6-13/h1-8,11-12,19H,9-10H2,(H,23,25). The van der Waals surface area contributed by atoms with E-state index in [1.165, 1.54) is 18.2 Å². The summed E-state index contributed by atoms with van der Waals surface area (Å²) in [5.41, 5.74) is 1.08. The van der Waals surface area contributed by atoms with Gasteiger partial charge in [-0.15, -0.1) is 0 Å². The van der Waals surface area contributed by atoms with Crippen molar-refractivity contribution in [2.24, 2.45) is 0 Å². The maximum atomic E-state index is 12.8. The largest absolute Gasteiger partial charge is 0.435 e. The number of aromatic nitrogens is 1. The van der Waals surface area contributed by atoms with Gasteiger partial charge in [0.1, 0.15) is 5.75 Å². The van der Waals surface area contributed by atoms with Gasteiger partial charge < -0.3 is 14.6 Å². The Hall–Kier alpha value is -3.22. The second-order valence-electron chi connectivity index (χ2n) is 6.38. The topological polar surface area (TPSA) is 64.4 Å². The van der Waals surface area contributed by atoms with Gasteiger partial charge in [0.25, 0.3) is 0 Å². The summed E-state index contributed by atoms with van der Waals surface area (Å²) in [5, 5.41) is 6.85. The Morgan fingerprint density at radius 3 is 2.59 bits per heavy atom. The SMILES string of the molecule is O=C(Nc1cccc(OC(F)F)c1)C1(c2cc(-c3ccccc3)on2)CC1. The lowest BCUT2D eigenvalue weighted by Gasteiger charge is -2.13. The highest BCUT2D eigenvalue weighted by Gasteiger charge is 2.53. The molecule has 1 aliphatic rings. The van der Waals surface area contributed by atoms with Crippen molar-refractivity contribution in [2.45, 2.75) is 24.9 Å². The molecule has 1 aliphatic carbocycles. The van der Waals surface area contributed by atoms with Crippen molar-refractivity contribution in [1.82, 2.24) is 5.16 Å². The molecule has 2 aromatic carbocycles. The first-order chi connectivity index (χ1) is 13.1. The van der Waals surface area contributed by atoms with Crippen molar-refractivity contribution < 1.29 is 22.8 Å². The molecular weight excluding hydrogens is 354 g/mol. The number of hydrogen-bond acceptors (Lipinski definition) is 4. The first kappa shape index (κ1) is 17.2. The lowest BCUT2D eigenvalue weighted by atomic mass is 10.00. The minimum Gasteiger partial charge on any atom is -0.435 e. The number of rotatable bonds is 6. The van der Waals surface area contributed by atoms with Crippen LogP contribution in [-0.4, -0.2) is 17.7 Å². The molecule has 0 spiro atoms. The number of nitrogens with one attached hydrogen (secondary N) is 1. The first-order valence-electron chi connectivity index (χ1n) is 8.46. The van der Waals surface area contributed by atoms with Gasteiger partial charge in [0.15, 0.2) is 5.76 Å². The van der Waals surface area contributed by atoms with Gasteiger partial charge in [0, 0.05) is 23.4 Å². The molecule has 27 heavy (non-hydrogen) atoms. The Bertz CT molecular complexity index is 953. The Kier molecular flexibility index (Phi) is 4.35. The molecule has 0 bridgehead atoms. The number of carbonyl (C=O) groups is 1. The third-order valence-electron chi connectivity index (χ3n) is 4.56. The van der Waals surface area contributed by atoms with E-state index in [9.17, 15) is 13.6 Å². The van der Waals surface area contributed by atoms with Crippen LogP contribution in [0.2, 0.25) is 0 Å². The van der Waals surface area contributed by atoms with Gasteiger partial charge in [-0.1, -0.05) is 41.6 Å². The van der Waals surface area contributed by atoms with Crippen molar-refractivity contribution in [2.75, 3.05) is 5.32 Å². The Balaban J connectivity index is 1.52. The molecule has 1 saturated carbocycles. The summed E-state index contributed by atoms with van der Waals surface area (Å²) in [7, 11) is 0. The van der Waals surface area contributed by atoms with Crippen LogP contribution in [0.25, 0.3) is 11.3 Å². The highest BCUT2D eigenvalue weighted by atomic mass is 19.3. The summed E-state index contributed by atoms with van der Waals surface area (Å²) < 4.78 is 34.5. The average Bonchev–Trinajstić information content (AvgIpc) is 3.32. The van der Waals surface area contributed by atoms with Gasteiger partial charge in [-0.25, -0.2) is 0 Å². The molecule has 1 amide bonds. The summed E-state index contributed by atoms with van der Waals surface area (Å²) in [5.74, 6) is 0.335. The first-order valence-corrected chi connectivity index (χ1v) is 8.46. The van der Waals surface area contributed by atoms with E-state index in [2.05, 4.69) is 15.2 Å². The van der Waals surface area contributed by atoms with E-state index in [0.29, 0.717) is 30.0 Å². The van der Waals surface area contributed by atoms with Gasteiger partial charge in [0.2, 0.25) is 5.91 Å². The molecule has 1 heterocycles. The molecule has 7 heteroatoms. The number of hydrogen-bond donors (Lipinski definition) is 1. The van der Waals surface area contributed by atoms with E-state index >= 15 is 0 Å². The van der Waals surface area contributed by atoms with Crippen LogP contribution in [0.3, 0.4) is 0 Å². The molecule has 0 atom stereocenters. The minimum atomic E-state index is -2.92. The minimum absolute atomic E-state index is 0.0135. The van der Waals surface area contributed by atoms with Gasteiger partial charge in [-0.05, 0) is 25.0 Å². The summed E-state index contributed by atoms with van der Waals surface area (Å²) in [6.45, 7) is -2.92. The summed E-state index contributed by atoms with van der Waals surface area (Å²) in [6, 6.07) is 17.2. The summed E-state index contributed by atoms with van der Waals surface area (Å²) in [4.78, 5) is 12.8. The molecule has 1 fully saturated rings. The van der Waals surface area contributed by atoms with Gasteiger partial charge in [0.05, 0.1) is 11.1 Å². The Morgan fingerprint density at radius 1 is 1.11 bits per heavy atom. The zero-order valence-electron chi connectivity index (χ0n) is 14.2. The number of anilines is 1. The highest BCUT2D eigenvalue weighted by Crippen LogP contribution is 2.49. The third-order valence-corrected chi connectivity index (χ3v) is 4.56. The molecule has 3 aromatic rings. The molecule has 1 aromatic heterocycles. The maximum Gasteiger partial charge on any atom is 0.387 e. The van der Waals surface area contributed by atoms with Crippen molar-refractivity contribution in [3.63, 3.8) is 0 Å². The number of benzene rings is 2. The van der Waals surface area contributed by atoms with Crippen LogP contribution in [0.1, 0.15) is 18.5 Å². The molecule has 0 unspecified atom stereocenters. The molecule has 5 nitrogen and oxygen atoms in total. The van der Waals surface area contributed by atoms with Gasteiger partial charge in [-0.2, -0.15) is 8.78 Å². The van der Waals surface area contributed by atoms with Crippen molar-refractivity contribution in [3.05, 3.63) is 66.4 Å². The van der Waals surface area contributed by atoms with Crippen LogP contribution in [-0.2, 0) is 10.2 Å². The molecular formula is C20H16F2N2O3. The monoisotopic (exact) mass is 370 g/mol. The van der Waals surface area contributed by atoms with E-state index in [1.807, 2.05) is 30.3 Å². The second kappa shape index (κ2) is 6.83. The van der Waals surface area contributed by atoms with Crippen LogP contribution in [0.4, 0.5) is 14.5 Å². The zero-order valence-corrected chi connectivity index (χ0v) is 14.2. The smallest absolute Gasteiger partial charge is 0.387 e. The van der Waals surface area contributed by atoms with Crippen LogP contribution in [0.5, 0.6) is 5.75 Å². The van der Waals surface area contributed by atoms with Crippen LogP contribution >= 0.6 is 0 Å². The number of carbonyl (C=O) groups excluding carboxylic acids is 1. The zero-order chi connectivity index (χ0) is 18.9. The number of halogens is 2. The highest BCUT2D eigenvalue weighted by molar-refractivity contribution is 6.01. The van der Waals surface area contributed by atoms with Crippen LogP contribution in [0, 0.1) is 0 Å². The lowest BCUT2D eigenvalue weighted by molar-refractivity contribution is -0.118. The van der Waals surface area contributed by atoms with E-state index in [1.54, 1.807) is 12.1 Å². The second-order valence-corrected chi connectivity index (χ2v) is 6.38. The fourth-order valence-electron chi connectivity index (χ4n) is 2.96. The number of ether oxygens (including phenoxy) is 1. The number of amides is 1. The number of nitrogens with zero attached hydrogens (tertiary/aromatic N) is 1. The van der Waals surface area contributed by atoms with E-state index in [4.69, 9.17) is 4.52 Å².